The van der Waals surface area contributed by atoms with E-state index in [-0.39, 0.29) is 23.9 Å². The van der Waals surface area contributed by atoms with E-state index < -0.39 is 55.3 Å². The normalized spacial score (nSPS) is 27.6. The second-order valence-electron chi connectivity index (χ2n) is 9.21. The highest BCUT2D eigenvalue weighted by molar-refractivity contribution is 5.85. The highest BCUT2D eigenvalue weighted by Crippen LogP contribution is 2.53. The van der Waals surface area contributed by atoms with E-state index in [1.165, 1.54) is 27.4 Å². The number of rotatable bonds is 10. The Morgan fingerprint density at radius 2 is 1.55 bits per heavy atom. The van der Waals surface area contributed by atoms with Crippen LogP contribution in [-0.2, 0) is 9.53 Å². The first-order valence-electron chi connectivity index (χ1n) is 12.3. The van der Waals surface area contributed by atoms with Crippen LogP contribution in [0.4, 0.5) is 0 Å². The maximum absolute atomic E-state index is 11.0. The minimum atomic E-state index is -1.66. The third kappa shape index (κ3) is 5.52. The van der Waals surface area contributed by atoms with E-state index in [0.29, 0.717) is 28.2 Å². The summed E-state index contributed by atoms with van der Waals surface area (Å²) >= 11 is 0. The number of carbonyl (C=O) groups is 1. The monoisotopic (exact) mass is 564 g/mol. The van der Waals surface area contributed by atoms with E-state index in [1.54, 1.807) is 24.3 Å². The molecule has 2 aromatic rings. The first-order chi connectivity index (χ1) is 19.2. The smallest absolute Gasteiger partial charge is 0.328 e. The van der Waals surface area contributed by atoms with Crippen molar-refractivity contribution < 1.29 is 63.9 Å². The van der Waals surface area contributed by atoms with Gasteiger partial charge in [0.2, 0.25) is 12.0 Å². The van der Waals surface area contributed by atoms with E-state index in [9.17, 15) is 30.3 Å². The van der Waals surface area contributed by atoms with Crippen molar-refractivity contribution >= 4 is 12.0 Å². The Bertz CT molecular complexity index is 1220. The minimum absolute atomic E-state index is 0.00724. The number of aliphatic hydroxyl groups excluding tert-OH is 5. The predicted molar refractivity (Wildman–Crippen MR) is 137 cm³/mol. The molecule has 0 bridgehead atoms. The zero-order valence-electron chi connectivity index (χ0n) is 22.0. The molecule has 2 heterocycles. The van der Waals surface area contributed by atoms with Crippen LogP contribution in [0, 0.1) is 0 Å². The molecule has 2 aliphatic rings. The molecule has 1 fully saturated rings. The number of carboxylic acid groups (broad SMARTS) is 1. The molecule has 0 radical (unpaired) electrons. The van der Waals surface area contributed by atoms with Gasteiger partial charge in [0.05, 0.1) is 40.5 Å². The van der Waals surface area contributed by atoms with Crippen molar-refractivity contribution in [3.63, 3.8) is 0 Å². The van der Waals surface area contributed by atoms with Crippen LogP contribution in [-0.4, -0.2) is 102 Å². The quantitative estimate of drug-likeness (QED) is 0.215. The summed E-state index contributed by atoms with van der Waals surface area (Å²) in [7, 11) is 4.19. The maximum Gasteiger partial charge on any atom is 0.328 e. The number of hydrogen-bond donors (Lipinski definition) is 6. The lowest BCUT2D eigenvalue weighted by atomic mass is 9.90. The summed E-state index contributed by atoms with van der Waals surface area (Å²) < 4.78 is 34.0. The third-order valence-corrected chi connectivity index (χ3v) is 6.84. The van der Waals surface area contributed by atoms with Crippen LogP contribution >= 0.6 is 0 Å². The second-order valence-corrected chi connectivity index (χ2v) is 9.21. The number of hydrogen-bond acceptors (Lipinski definition) is 12. The Morgan fingerprint density at radius 3 is 2.10 bits per heavy atom. The Hall–Kier alpha value is -3.59. The van der Waals surface area contributed by atoms with Crippen molar-refractivity contribution in [2.24, 2.45) is 0 Å². The number of carboxylic acids is 1. The molecule has 2 aliphatic heterocycles. The van der Waals surface area contributed by atoms with Gasteiger partial charge in [0, 0.05) is 17.2 Å². The average molecular weight is 565 g/mol. The minimum Gasteiger partial charge on any atom is -0.493 e. The molecule has 0 saturated carbocycles. The first kappa shape index (κ1) is 29.4. The Balaban J connectivity index is 1.70. The molecule has 0 unspecified atom stereocenters. The number of methoxy groups -OCH3 is 3. The lowest BCUT2D eigenvalue weighted by molar-refractivity contribution is -0.277. The van der Waals surface area contributed by atoms with Crippen LogP contribution < -0.4 is 23.7 Å². The van der Waals surface area contributed by atoms with Crippen LogP contribution in [0.25, 0.3) is 6.08 Å². The molecule has 4 rings (SSSR count). The largest absolute Gasteiger partial charge is 0.493 e. The van der Waals surface area contributed by atoms with Crippen molar-refractivity contribution in [3.8, 4) is 28.7 Å². The van der Waals surface area contributed by atoms with E-state index in [4.69, 9.17) is 33.5 Å². The van der Waals surface area contributed by atoms with Crippen molar-refractivity contribution in [1.82, 2.24) is 0 Å². The fourth-order valence-corrected chi connectivity index (χ4v) is 4.79. The maximum atomic E-state index is 11.0. The Labute approximate surface area is 229 Å². The van der Waals surface area contributed by atoms with E-state index in [2.05, 4.69) is 0 Å². The average Bonchev–Trinajstić information content (AvgIpc) is 3.34. The van der Waals surface area contributed by atoms with Crippen LogP contribution in [0.15, 0.2) is 30.3 Å². The van der Waals surface area contributed by atoms with E-state index in [0.717, 1.165) is 6.08 Å². The van der Waals surface area contributed by atoms with Crippen LogP contribution in [0.5, 0.6) is 28.7 Å². The Kier molecular flexibility index (Phi) is 9.03. The van der Waals surface area contributed by atoms with Crippen molar-refractivity contribution in [1.29, 1.82) is 0 Å². The summed E-state index contributed by atoms with van der Waals surface area (Å²) in [5.74, 6) is -0.665. The van der Waals surface area contributed by atoms with Gasteiger partial charge in [-0.15, -0.1) is 0 Å². The summed E-state index contributed by atoms with van der Waals surface area (Å²) in [5, 5.41) is 59.4. The molecule has 13 nitrogen and oxygen atoms in total. The van der Waals surface area contributed by atoms with Crippen molar-refractivity contribution in [2.45, 2.75) is 42.7 Å². The van der Waals surface area contributed by atoms with Gasteiger partial charge in [-0.3, -0.25) is 0 Å². The van der Waals surface area contributed by atoms with Crippen LogP contribution in [0.2, 0.25) is 0 Å². The molecule has 13 heteroatoms. The molecule has 0 spiro atoms. The predicted octanol–water partition coefficient (Wildman–Crippen LogP) is 0.198. The zero-order valence-corrected chi connectivity index (χ0v) is 22.0. The molecule has 7 atom stereocenters. The highest BCUT2D eigenvalue weighted by Gasteiger charge is 2.45. The molecule has 218 valence electrons. The molecule has 40 heavy (non-hydrogen) atoms. The van der Waals surface area contributed by atoms with Crippen molar-refractivity contribution in [2.75, 3.05) is 34.5 Å². The number of ether oxygens (including phenoxy) is 6. The summed E-state index contributed by atoms with van der Waals surface area (Å²) in [6, 6.07) is 6.49. The van der Waals surface area contributed by atoms with Gasteiger partial charge in [-0.2, -0.15) is 0 Å². The summed E-state index contributed by atoms with van der Waals surface area (Å²) in [5.41, 5.74) is 1.67. The zero-order chi connectivity index (χ0) is 29.1. The summed E-state index contributed by atoms with van der Waals surface area (Å²) in [6.07, 6.45) is -5.86. The van der Waals surface area contributed by atoms with Gasteiger partial charge in [-0.05, 0) is 35.9 Å². The molecule has 0 aliphatic carbocycles. The van der Waals surface area contributed by atoms with E-state index >= 15 is 0 Å². The van der Waals surface area contributed by atoms with Gasteiger partial charge in [-0.25, -0.2) is 4.79 Å². The van der Waals surface area contributed by atoms with E-state index in [1.807, 2.05) is 0 Å². The lowest BCUT2D eigenvalue weighted by Gasteiger charge is -2.39. The van der Waals surface area contributed by atoms with Gasteiger partial charge in [-0.1, -0.05) is 0 Å². The number of aliphatic hydroxyl groups is 5. The number of benzene rings is 2. The molecular formula is C27H32O13. The number of aliphatic carboxylic acids is 1. The standard InChI is InChI=1S/C27H32O13/c1-35-16-7-12(4-5-20(30)31)6-14-15(10-28)24(39-25(14)16)13-8-17(36-2)26(18(9-13)37-3)40-27-23(34)22(33)21(32)19(11-29)38-27/h4-9,15,19,21-24,27-29,32-34H,10-11H2,1-3H3,(H,30,31)/b5-4+/t15-,19-,21-,22+,23-,24+,27+/m1/s1. The fourth-order valence-electron chi connectivity index (χ4n) is 4.79. The highest BCUT2D eigenvalue weighted by atomic mass is 16.7. The molecule has 1 saturated heterocycles. The SMILES string of the molecule is COc1cc([C@@H]2Oc3c(OC)cc(/C=C/C(=O)O)cc3[C@H]2CO)cc(OC)c1O[C@@H]1O[C@H](CO)[C@@H](O)[C@H](O)[C@H]1O. The Morgan fingerprint density at radius 1 is 0.900 bits per heavy atom. The first-order valence-corrected chi connectivity index (χ1v) is 12.3. The van der Waals surface area contributed by atoms with Gasteiger partial charge < -0.3 is 59.1 Å². The number of fused-ring (bicyclic) bond motifs is 1. The van der Waals surface area contributed by atoms with Crippen LogP contribution in [0.3, 0.4) is 0 Å². The molecule has 6 N–H and O–H groups in total. The molecule has 0 amide bonds. The third-order valence-electron chi connectivity index (χ3n) is 6.84. The van der Waals surface area contributed by atoms with Gasteiger partial charge >= 0.3 is 5.97 Å². The van der Waals surface area contributed by atoms with Gasteiger partial charge in [0.15, 0.2) is 23.0 Å². The second kappa shape index (κ2) is 12.3. The summed E-state index contributed by atoms with van der Waals surface area (Å²) in [6.45, 7) is -0.946. The van der Waals surface area contributed by atoms with Gasteiger partial charge in [0.1, 0.15) is 30.5 Å². The molecular weight excluding hydrogens is 532 g/mol. The molecule has 2 aromatic carbocycles. The molecule has 0 aromatic heterocycles. The summed E-state index contributed by atoms with van der Waals surface area (Å²) in [4.78, 5) is 11.0. The van der Waals surface area contributed by atoms with Crippen molar-refractivity contribution in [3.05, 3.63) is 47.0 Å². The lowest BCUT2D eigenvalue weighted by Crippen LogP contribution is -2.60. The van der Waals surface area contributed by atoms with Gasteiger partial charge in [0.25, 0.3) is 0 Å². The fraction of sp³-hybridized carbons (Fsp3) is 0.444. The topological polar surface area (TPSA) is 194 Å². The van der Waals surface area contributed by atoms with Crippen LogP contribution in [0.1, 0.15) is 28.7 Å².